The van der Waals surface area contributed by atoms with Gasteiger partial charge in [-0.25, -0.2) is 0 Å². The first-order chi connectivity index (χ1) is 9.43. The van der Waals surface area contributed by atoms with Gasteiger partial charge in [0, 0.05) is 24.8 Å². The monoisotopic (exact) mass is 277 g/mol. The zero-order valence-electron chi connectivity index (χ0n) is 12.4. The first-order valence-electron chi connectivity index (χ1n) is 7.19. The average molecular weight is 277 g/mol. The zero-order valence-corrected chi connectivity index (χ0v) is 12.4. The van der Waals surface area contributed by atoms with Crippen molar-refractivity contribution < 1.29 is 4.79 Å². The molecular weight excluding hydrogens is 254 g/mol. The molecule has 2 rings (SSSR count). The smallest absolute Gasteiger partial charge is 0.261 e. The number of nitrogens with zero attached hydrogens (tertiary/aromatic N) is 1. The van der Waals surface area contributed by atoms with E-state index in [1.165, 1.54) is 0 Å². The Kier molecular flexibility index (Phi) is 4.28. The van der Waals surface area contributed by atoms with Crippen LogP contribution in [0.1, 0.15) is 41.4 Å². The molecule has 0 bridgehead atoms. The van der Waals surface area contributed by atoms with Crippen molar-refractivity contribution in [3.63, 3.8) is 0 Å². The first kappa shape index (κ1) is 14.8. The number of amides is 1. The molecule has 1 saturated heterocycles. The van der Waals surface area contributed by atoms with Gasteiger partial charge >= 0.3 is 0 Å². The topological polar surface area (TPSA) is 79.2 Å². The van der Waals surface area contributed by atoms with Crippen LogP contribution in [-0.2, 0) is 0 Å². The minimum absolute atomic E-state index is 0.0173. The number of likely N-dealkylation sites (tertiary alicyclic amines) is 1. The summed E-state index contributed by atoms with van der Waals surface area (Å²) in [6, 6.07) is 1.84. The highest BCUT2D eigenvalue weighted by Gasteiger charge is 2.33. The number of rotatable bonds is 3. The summed E-state index contributed by atoms with van der Waals surface area (Å²) in [5.74, 6) is 0.145. The van der Waals surface area contributed by atoms with Crippen LogP contribution in [0.15, 0.2) is 10.9 Å². The number of hydrogen-bond donors (Lipinski definition) is 2. The largest absolute Gasteiger partial charge is 0.337 e. The Hall–Kier alpha value is -1.62. The second-order valence-corrected chi connectivity index (χ2v) is 5.76. The highest BCUT2D eigenvalue weighted by Crippen LogP contribution is 2.22. The highest BCUT2D eigenvalue weighted by atomic mass is 16.2. The summed E-state index contributed by atoms with van der Waals surface area (Å²) in [5, 5.41) is 0. The molecule has 0 saturated carbocycles. The number of nitrogens with two attached hydrogens (primary N) is 1. The van der Waals surface area contributed by atoms with Crippen LogP contribution in [0.5, 0.6) is 0 Å². The van der Waals surface area contributed by atoms with Crippen molar-refractivity contribution in [1.29, 1.82) is 0 Å². The molecule has 1 fully saturated rings. The van der Waals surface area contributed by atoms with E-state index in [4.69, 9.17) is 5.73 Å². The van der Waals surface area contributed by atoms with Gasteiger partial charge in [0.05, 0.1) is 0 Å². The number of aromatic nitrogens is 1. The summed E-state index contributed by atoms with van der Waals surface area (Å²) in [4.78, 5) is 29.0. The Morgan fingerprint density at radius 1 is 1.45 bits per heavy atom. The summed E-state index contributed by atoms with van der Waals surface area (Å²) in [6.07, 6.45) is 2.08. The summed E-state index contributed by atoms with van der Waals surface area (Å²) in [6.45, 7) is 6.92. The lowest BCUT2D eigenvalue weighted by Gasteiger charge is -2.17. The third-order valence-corrected chi connectivity index (χ3v) is 4.02. The van der Waals surface area contributed by atoms with Crippen molar-refractivity contribution in [2.75, 3.05) is 13.1 Å². The number of nitrogens with one attached hydrogen (secondary N) is 1. The molecule has 0 aromatic carbocycles. The second-order valence-electron chi connectivity index (χ2n) is 5.76. The van der Waals surface area contributed by atoms with Crippen molar-refractivity contribution in [3.8, 4) is 0 Å². The van der Waals surface area contributed by atoms with Crippen LogP contribution in [0.25, 0.3) is 0 Å². The van der Waals surface area contributed by atoms with Crippen LogP contribution in [0.4, 0.5) is 0 Å². The van der Waals surface area contributed by atoms with Gasteiger partial charge in [-0.05, 0) is 37.8 Å². The fourth-order valence-corrected chi connectivity index (χ4v) is 3.02. The highest BCUT2D eigenvalue weighted by molar-refractivity contribution is 5.95. The standard InChI is InChI=1S/C15H23N3O2/c1-4-5-11-7-18(8-12(11)16)15(20)13-9(2)6-10(3)17-14(13)19/h6,11-12H,4-5,7-8,16H2,1-3H3,(H,17,19)/t11-,12-/m1/s1. The number of H-pyrrole nitrogens is 1. The minimum atomic E-state index is -0.306. The van der Waals surface area contributed by atoms with Crippen molar-refractivity contribution in [1.82, 2.24) is 9.88 Å². The van der Waals surface area contributed by atoms with E-state index in [1.807, 2.05) is 13.0 Å². The molecule has 1 amide bonds. The van der Waals surface area contributed by atoms with E-state index in [2.05, 4.69) is 11.9 Å². The predicted octanol–water partition coefficient (Wildman–Crippen LogP) is 1.19. The lowest BCUT2D eigenvalue weighted by Crippen LogP contribution is -2.36. The van der Waals surface area contributed by atoms with E-state index in [-0.39, 0.29) is 23.1 Å². The number of pyridine rings is 1. The Balaban J connectivity index is 2.23. The van der Waals surface area contributed by atoms with E-state index < -0.39 is 0 Å². The van der Waals surface area contributed by atoms with Gasteiger partial charge in [0.15, 0.2) is 0 Å². The molecule has 3 N–H and O–H groups in total. The van der Waals surface area contributed by atoms with Crippen LogP contribution in [-0.4, -0.2) is 34.9 Å². The molecule has 0 aliphatic carbocycles. The molecule has 110 valence electrons. The number of carbonyl (C=O) groups excluding carboxylic acids is 1. The minimum Gasteiger partial charge on any atom is -0.337 e. The molecule has 1 aliphatic heterocycles. The van der Waals surface area contributed by atoms with Gasteiger partial charge in [0.2, 0.25) is 0 Å². The second kappa shape index (κ2) is 5.79. The first-order valence-corrected chi connectivity index (χ1v) is 7.19. The fourth-order valence-electron chi connectivity index (χ4n) is 3.02. The summed E-state index contributed by atoms with van der Waals surface area (Å²) < 4.78 is 0. The van der Waals surface area contributed by atoms with Gasteiger partial charge in [-0.3, -0.25) is 9.59 Å². The average Bonchev–Trinajstić information content (AvgIpc) is 2.70. The van der Waals surface area contributed by atoms with Crippen LogP contribution in [0.2, 0.25) is 0 Å². The summed E-state index contributed by atoms with van der Waals surface area (Å²) in [7, 11) is 0. The molecule has 0 spiro atoms. The molecule has 1 aliphatic rings. The number of aromatic amines is 1. The van der Waals surface area contributed by atoms with E-state index in [0.29, 0.717) is 19.0 Å². The van der Waals surface area contributed by atoms with Gasteiger partial charge < -0.3 is 15.6 Å². The molecular formula is C15H23N3O2. The Bertz CT molecular complexity index is 565. The number of aryl methyl sites for hydroxylation is 2. The number of hydrogen-bond acceptors (Lipinski definition) is 3. The third-order valence-electron chi connectivity index (χ3n) is 4.02. The van der Waals surface area contributed by atoms with Crippen LogP contribution in [0.3, 0.4) is 0 Å². The van der Waals surface area contributed by atoms with Crippen molar-refractivity contribution in [2.45, 2.75) is 39.7 Å². The Morgan fingerprint density at radius 3 is 2.75 bits per heavy atom. The van der Waals surface area contributed by atoms with Crippen LogP contribution in [0, 0.1) is 19.8 Å². The lowest BCUT2D eigenvalue weighted by atomic mass is 9.99. The van der Waals surface area contributed by atoms with E-state index in [1.54, 1.807) is 11.8 Å². The van der Waals surface area contributed by atoms with Gasteiger partial charge in [0.1, 0.15) is 5.56 Å². The lowest BCUT2D eigenvalue weighted by molar-refractivity contribution is 0.0783. The molecule has 5 heteroatoms. The molecule has 2 atom stereocenters. The summed E-state index contributed by atoms with van der Waals surface area (Å²) in [5.41, 5.74) is 7.53. The van der Waals surface area contributed by atoms with Gasteiger partial charge in [-0.2, -0.15) is 0 Å². The Labute approximate surface area is 119 Å². The van der Waals surface area contributed by atoms with Crippen molar-refractivity contribution >= 4 is 5.91 Å². The quantitative estimate of drug-likeness (QED) is 0.871. The van der Waals surface area contributed by atoms with E-state index >= 15 is 0 Å². The normalized spacial score (nSPS) is 22.3. The fraction of sp³-hybridized carbons (Fsp3) is 0.600. The predicted molar refractivity (Wildman–Crippen MR) is 78.8 cm³/mol. The maximum Gasteiger partial charge on any atom is 0.261 e. The van der Waals surface area contributed by atoms with E-state index in [9.17, 15) is 9.59 Å². The molecule has 0 unspecified atom stereocenters. The third kappa shape index (κ3) is 2.77. The maximum absolute atomic E-state index is 12.5. The summed E-state index contributed by atoms with van der Waals surface area (Å²) >= 11 is 0. The maximum atomic E-state index is 12.5. The van der Waals surface area contributed by atoms with Crippen LogP contribution >= 0.6 is 0 Å². The zero-order chi connectivity index (χ0) is 14.9. The molecule has 1 aromatic heterocycles. The molecule has 0 radical (unpaired) electrons. The molecule has 20 heavy (non-hydrogen) atoms. The molecule has 2 heterocycles. The van der Waals surface area contributed by atoms with Gasteiger partial charge in [-0.1, -0.05) is 13.3 Å². The van der Waals surface area contributed by atoms with E-state index in [0.717, 1.165) is 24.1 Å². The molecule has 5 nitrogen and oxygen atoms in total. The Morgan fingerprint density at radius 2 is 2.15 bits per heavy atom. The number of carbonyl (C=O) groups is 1. The SMILES string of the molecule is CCC[C@@H]1CN(C(=O)c2c(C)cc(C)[nH]c2=O)C[C@H]1N. The molecule has 1 aromatic rings. The van der Waals surface area contributed by atoms with Gasteiger partial charge in [-0.15, -0.1) is 0 Å². The van der Waals surface area contributed by atoms with Crippen molar-refractivity contribution in [2.24, 2.45) is 11.7 Å². The van der Waals surface area contributed by atoms with Crippen molar-refractivity contribution in [3.05, 3.63) is 33.2 Å². The van der Waals surface area contributed by atoms with Crippen LogP contribution < -0.4 is 11.3 Å². The van der Waals surface area contributed by atoms with Gasteiger partial charge in [0.25, 0.3) is 11.5 Å².